The van der Waals surface area contributed by atoms with Crippen LogP contribution in [0.1, 0.15) is 72.5 Å². The molecule has 1 N–H and O–H groups in total. The van der Waals surface area contributed by atoms with E-state index in [9.17, 15) is 23.1 Å². The van der Waals surface area contributed by atoms with Gasteiger partial charge in [0.15, 0.2) is 0 Å². The third-order valence-corrected chi connectivity index (χ3v) is 7.59. The summed E-state index contributed by atoms with van der Waals surface area (Å²) in [7, 11) is 0. The van der Waals surface area contributed by atoms with Crippen molar-refractivity contribution >= 4 is 5.91 Å². The molecule has 172 valence electrons. The summed E-state index contributed by atoms with van der Waals surface area (Å²) in [5, 5.41) is 11.7. The molecule has 1 saturated heterocycles. The fourth-order valence-electron chi connectivity index (χ4n) is 6.09. The van der Waals surface area contributed by atoms with Crippen LogP contribution < -0.4 is 0 Å². The molecule has 1 aromatic carbocycles. The summed E-state index contributed by atoms with van der Waals surface area (Å²) in [6.07, 6.45) is 1.05. The lowest BCUT2D eigenvalue weighted by atomic mass is 9.66. The Balaban J connectivity index is 1.50. The molecule has 32 heavy (non-hydrogen) atoms. The lowest BCUT2D eigenvalue weighted by Crippen LogP contribution is -2.59. The molecular formula is C24H28F3N3O2. The second-order valence-electron chi connectivity index (χ2n) is 9.33. The number of aliphatic hydroxyl groups is 1. The molecule has 0 spiro atoms. The number of nitrogens with zero attached hydrogens (tertiary/aromatic N) is 3. The molecule has 2 aliphatic heterocycles. The number of carbonyl (C=O) groups is 1. The fraction of sp³-hybridized carbons (Fsp3) is 0.583. The number of amides is 1. The number of hydrogen-bond acceptors (Lipinski definition) is 3. The van der Waals surface area contributed by atoms with Gasteiger partial charge < -0.3 is 14.6 Å². The van der Waals surface area contributed by atoms with Crippen LogP contribution in [0, 0.1) is 5.92 Å². The third kappa shape index (κ3) is 3.43. The Morgan fingerprint density at radius 2 is 1.81 bits per heavy atom. The van der Waals surface area contributed by atoms with E-state index in [1.165, 1.54) is 4.57 Å². The predicted octanol–water partition coefficient (Wildman–Crippen LogP) is 4.53. The van der Waals surface area contributed by atoms with Crippen molar-refractivity contribution in [3.63, 3.8) is 0 Å². The number of hydrogen-bond donors (Lipinski definition) is 1. The Morgan fingerprint density at radius 3 is 2.56 bits per heavy atom. The Hall–Kier alpha value is -2.35. The minimum atomic E-state index is -4.59. The molecule has 0 bridgehead atoms. The van der Waals surface area contributed by atoms with Gasteiger partial charge in [0.25, 0.3) is 5.91 Å². The third-order valence-electron chi connectivity index (χ3n) is 7.59. The molecular weight excluding hydrogens is 419 g/mol. The molecule has 5 rings (SSSR count). The Morgan fingerprint density at radius 1 is 1.06 bits per heavy atom. The molecule has 2 fully saturated rings. The number of aromatic nitrogens is 2. The summed E-state index contributed by atoms with van der Waals surface area (Å²) in [6, 6.07) is 9.35. The van der Waals surface area contributed by atoms with Crippen LogP contribution in [0.5, 0.6) is 0 Å². The maximum absolute atomic E-state index is 13.6. The van der Waals surface area contributed by atoms with Gasteiger partial charge in [-0.15, -0.1) is 0 Å². The van der Waals surface area contributed by atoms with Crippen LogP contribution in [-0.4, -0.2) is 38.1 Å². The smallest absolute Gasteiger partial charge is 0.385 e. The average molecular weight is 448 g/mol. The van der Waals surface area contributed by atoms with Crippen molar-refractivity contribution in [2.24, 2.45) is 5.92 Å². The number of imidazole rings is 1. The van der Waals surface area contributed by atoms with Gasteiger partial charge in [-0.25, -0.2) is 4.98 Å². The van der Waals surface area contributed by atoms with E-state index in [-0.39, 0.29) is 24.2 Å². The van der Waals surface area contributed by atoms with Crippen molar-refractivity contribution in [3.8, 4) is 0 Å². The van der Waals surface area contributed by atoms with Crippen LogP contribution in [0.2, 0.25) is 0 Å². The van der Waals surface area contributed by atoms with E-state index in [0.29, 0.717) is 31.5 Å². The van der Waals surface area contributed by atoms with E-state index in [1.807, 2.05) is 30.3 Å². The largest absolute Gasteiger partial charge is 0.449 e. The second kappa shape index (κ2) is 7.90. The van der Waals surface area contributed by atoms with Crippen LogP contribution in [-0.2, 0) is 24.7 Å². The van der Waals surface area contributed by atoms with Crippen molar-refractivity contribution < 1.29 is 23.1 Å². The zero-order chi connectivity index (χ0) is 22.5. The summed E-state index contributed by atoms with van der Waals surface area (Å²) in [4.78, 5) is 19.2. The van der Waals surface area contributed by atoms with Crippen LogP contribution in [0.15, 0.2) is 30.3 Å². The standard InChI is InChI=1S/C24H28F3N3O2/c25-24(26,27)22-28-20(19-12-6-7-14-30(19)22)21(31)29-15-13-23(32,16-8-2-1-3-9-16)17-10-4-5-11-18(17)29/h1-3,8-9,17-18,32H,4-7,10-15H2/t17-,18+,23-/m0/s1. The van der Waals surface area contributed by atoms with Gasteiger partial charge in [-0.2, -0.15) is 13.2 Å². The molecule has 0 unspecified atom stereocenters. The van der Waals surface area contributed by atoms with Gasteiger partial charge in [0, 0.05) is 25.0 Å². The first-order chi connectivity index (χ1) is 15.3. The molecule has 1 amide bonds. The average Bonchev–Trinajstić information content (AvgIpc) is 3.20. The highest BCUT2D eigenvalue weighted by Crippen LogP contribution is 2.47. The first kappa shape index (κ1) is 21.5. The molecule has 3 aliphatic rings. The molecule has 1 aliphatic carbocycles. The molecule has 3 atom stereocenters. The van der Waals surface area contributed by atoms with Crippen molar-refractivity contribution in [3.05, 3.63) is 53.1 Å². The molecule has 8 heteroatoms. The summed E-state index contributed by atoms with van der Waals surface area (Å²) < 4.78 is 42.0. The van der Waals surface area contributed by atoms with E-state index >= 15 is 0 Å². The number of likely N-dealkylation sites (tertiary alicyclic amines) is 1. The van der Waals surface area contributed by atoms with Gasteiger partial charge in [-0.3, -0.25) is 4.79 Å². The van der Waals surface area contributed by atoms with Crippen LogP contribution in [0.25, 0.3) is 0 Å². The first-order valence-electron chi connectivity index (χ1n) is 11.6. The minimum absolute atomic E-state index is 0.0495. The Labute approximate surface area is 185 Å². The number of alkyl halides is 3. The minimum Gasteiger partial charge on any atom is -0.385 e. The van der Waals surface area contributed by atoms with E-state index < -0.39 is 23.5 Å². The monoisotopic (exact) mass is 447 g/mol. The quantitative estimate of drug-likeness (QED) is 0.736. The van der Waals surface area contributed by atoms with Gasteiger partial charge in [-0.05, 0) is 44.1 Å². The molecule has 5 nitrogen and oxygen atoms in total. The summed E-state index contributed by atoms with van der Waals surface area (Å²) in [6.45, 7) is 0.545. The summed E-state index contributed by atoms with van der Waals surface area (Å²) in [5.74, 6) is -1.52. The predicted molar refractivity (Wildman–Crippen MR) is 112 cm³/mol. The van der Waals surface area contributed by atoms with E-state index in [2.05, 4.69) is 4.98 Å². The molecule has 2 aromatic rings. The second-order valence-corrected chi connectivity index (χ2v) is 9.33. The van der Waals surface area contributed by atoms with Crippen molar-refractivity contribution in [2.75, 3.05) is 6.54 Å². The van der Waals surface area contributed by atoms with E-state index in [0.717, 1.165) is 37.7 Å². The number of halogens is 3. The Kier molecular flexibility index (Phi) is 5.31. The molecule has 1 aromatic heterocycles. The summed E-state index contributed by atoms with van der Waals surface area (Å²) >= 11 is 0. The van der Waals surface area contributed by atoms with Crippen LogP contribution >= 0.6 is 0 Å². The van der Waals surface area contributed by atoms with Gasteiger partial charge >= 0.3 is 6.18 Å². The van der Waals surface area contributed by atoms with Crippen LogP contribution in [0.4, 0.5) is 13.2 Å². The maximum atomic E-state index is 13.6. The highest BCUT2D eigenvalue weighted by atomic mass is 19.4. The lowest BCUT2D eigenvalue weighted by Gasteiger charge is -2.52. The number of benzene rings is 1. The van der Waals surface area contributed by atoms with E-state index in [1.54, 1.807) is 4.90 Å². The van der Waals surface area contributed by atoms with Gasteiger partial charge in [0.1, 0.15) is 5.69 Å². The van der Waals surface area contributed by atoms with Gasteiger partial charge in [-0.1, -0.05) is 43.2 Å². The molecule has 1 saturated carbocycles. The summed E-state index contributed by atoms with van der Waals surface area (Å²) in [5.41, 5.74) is 0.174. The van der Waals surface area contributed by atoms with Crippen molar-refractivity contribution in [1.82, 2.24) is 14.5 Å². The molecule has 3 heterocycles. The van der Waals surface area contributed by atoms with Crippen molar-refractivity contribution in [2.45, 2.75) is 75.7 Å². The van der Waals surface area contributed by atoms with Crippen molar-refractivity contribution in [1.29, 1.82) is 0 Å². The molecule has 0 radical (unpaired) electrons. The number of fused-ring (bicyclic) bond motifs is 2. The lowest BCUT2D eigenvalue weighted by molar-refractivity contribution is -0.147. The van der Waals surface area contributed by atoms with E-state index in [4.69, 9.17) is 0 Å². The fourth-order valence-corrected chi connectivity index (χ4v) is 6.09. The highest BCUT2D eigenvalue weighted by Gasteiger charge is 2.51. The Bertz CT molecular complexity index is 1000. The normalized spacial score (nSPS) is 28.2. The zero-order valence-electron chi connectivity index (χ0n) is 17.9. The van der Waals surface area contributed by atoms with Crippen LogP contribution in [0.3, 0.4) is 0 Å². The van der Waals surface area contributed by atoms with Gasteiger partial charge in [0.2, 0.25) is 5.82 Å². The first-order valence-corrected chi connectivity index (χ1v) is 11.6. The SMILES string of the molecule is O=C(c1nc(C(F)(F)F)n2c1CCCC2)N1CC[C@](O)(c2ccccc2)[C@H]2CCCC[C@H]21. The number of rotatable bonds is 2. The maximum Gasteiger partial charge on any atom is 0.449 e. The van der Waals surface area contributed by atoms with Gasteiger partial charge in [0.05, 0.1) is 11.3 Å². The zero-order valence-corrected chi connectivity index (χ0v) is 17.9. The number of piperidine rings is 1. The highest BCUT2D eigenvalue weighted by molar-refractivity contribution is 5.94. The topological polar surface area (TPSA) is 58.4 Å². The number of carbonyl (C=O) groups excluding carboxylic acids is 1.